The molecule has 3 rings (SSSR count). The summed E-state index contributed by atoms with van der Waals surface area (Å²) in [5, 5.41) is 4.97. The van der Waals surface area contributed by atoms with Gasteiger partial charge in [0, 0.05) is 23.7 Å². The van der Waals surface area contributed by atoms with Crippen LogP contribution in [-0.4, -0.2) is 29.0 Å². The molecule has 0 radical (unpaired) electrons. The van der Waals surface area contributed by atoms with Gasteiger partial charge in [0.15, 0.2) is 0 Å². The highest BCUT2D eigenvalue weighted by atomic mass is 32.1. The Morgan fingerprint density at radius 3 is 2.75 bits per heavy atom. The maximum absolute atomic E-state index is 4.61. The van der Waals surface area contributed by atoms with Crippen molar-refractivity contribution in [3.8, 4) is 0 Å². The molecule has 1 aromatic heterocycles. The molecule has 0 amide bonds. The van der Waals surface area contributed by atoms with Gasteiger partial charge in [-0.05, 0) is 44.7 Å². The maximum Gasteiger partial charge on any atom is 0.107 e. The molecule has 2 heterocycles. The van der Waals surface area contributed by atoms with Crippen LogP contribution in [0.25, 0.3) is 0 Å². The summed E-state index contributed by atoms with van der Waals surface area (Å²) in [6.07, 6.45) is 10.3. The zero-order valence-electron chi connectivity index (χ0n) is 12.6. The summed E-state index contributed by atoms with van der Waals surface area (Å²) in [4.78, 5) is 8.57. The molecule has 2 fully saturated rings. The first-order valence-electron chi connectivity index (χ1n) is 8.19. The third-order valence-corrected chi connectivity index (χ3v) is 5.74. The lowest BCUT2D eigenvalue weighted by Gasteiger charge is -2.29. The number of thiazole rings is 1. The van der Waals surface area contributed by atoms with E-state index in [4.69, 9.17) is 0 Å². The van der Waals surface area contributed by atoms with Crippen molar-refractivity contribution in [3.63, 3.8) is 0 Å². The van der Waals surface area contributed by atoms with E-state index in [1.54, 1.807) is 0 Å². The van der Waals surface area contributed by atoms with Gasteiger partial charge in [-0.1, -0.05) is 19.8 Å². The fourth-order valence-corrected chi connectivity index (χ4v) is 4.21. The van der Waals surface area contributed by atoms with Gasteiger partial charge < -0.3 is 5.32 Å². The fraction of sp³-hybridized carbons (Fsp3) is 0.812. The van der Waals surface area contributed by atoms with Gasteiger partial charge in [0.1, 0.15) is 5.01 Å². The second kappa shape index (κ2) is 7.01. The smallest absolute Gasteiger partial charge is 0.107 e. The van der Waals surface area contributed by atoms with Crippen molar-refractivity contribution in [1.29, 1.82) is 0 Å². The molecule has 1 N–H and O–H groups in total. The summed E-state index contributed by atoms with van der Waals surface area (Å²) >= 11 is 1.90. The Hall–Kier alpha value is -0.450. The molecule has 0 atom stereocenters. The van der Waals surface area contributed by atoms with E-state index in [-0.39, 0.29) is 0 Å². The minimum Gasteiger partial charge on any atom is -0.309 e. The number of nitrogens with zero attached hydrogens (tertiary/aromatic N) is 2. The largest absolute Gasteiger partial charge is 0.309 e. The first-order valence-corrected chi connectivity index (χ1v) is 9.00. The lowest BCUT2D eigenvalue weighted by Crippen LogP contribution is -2.32. The summed E-state index contributed by atoms with van der Waals surface area (Å²) in [5.41, 5.74) is 0. The van der Waals surface area contributed by atoms with E-state index in [0.717, 1.165) is 25.0 Å². The van der Waals surface area contributed by atoms with E-state index < -0.39 is 0 Å². The van der Waals surface area contributed by atoms with E-state index in [1.807, 2.05) is 11.3 Å². The van der Waals surface area contributed by atoms with Crippen molar-refractivity contribution < 1.29 is 0 Å². The number of rotatable bonds is 5. The average Bonchev–Trinajstić information content (AvgIpc) is 3.10. The van der Waals surface area contributed by atoms with E-state index in [9.17, 15) is 0 Å². The normalized spacial score (nSPS) is 22.6. The number of piperidine rings is 1. The molecule has 2 aliphatic rings. The topological polar surface area (TPSA) is 28.2 Å². The maximum atomic E-state index is 4.61. The van der Waals surface area contributed by atoms with Crippen LogP contribution in [-0.2, 0) is 13.1 Å². The van der Waals surface area contributed by atoms with E-state index in [2.05, 4.69) is 28.3 Å². The van der Waals surface area contributed by atoms with Crippen LogP contribution < -0.4 is 5.32 Å². The van der Waals surface area contributed by atoms with Gasteiger partial charge in [-0.15, -0.1) is 11.3 Å². The highest BCUT2D eigenvalue weighted by molar-refractivity contribution is 7.11. The zero-order chi connectivity index (χ0) is 13.8. The van der Waals surface area contributed by atoms with Gasteiger partial charge in [-0.3, -0.25) is 4.90 Å². The minimum absolute atomic E-state index is 0.754. The zero-order valence-corrected chi connectivity index (χ0v) is 13.4. The number of hydrogen-bond acceptors (Lipinski definition) is 4. The molecule has 1 saturated carbocycles. The predicted octanol–water partition coefficient (Wildman–Crippen LogP) is 3.41. The van der Waals surface area contributed by atoms with Crippen molar-refractivity contribution in [2.24, 2.45) is 5.92 Å². The third-order valence-electron chi connectivity index (χ3n) is 4.76. The van der Waals surface area contributed by atoms with Crippen molar-refractivity contribution in [1.82, 2.24) is 15.2 Å². The highest BCUT2D eigenvalue weighted by Crippen LogP contribution is 2.22. The summed E-state index contributed by atoms with van der Waals surface area (Å²) in [6.45, 7) is 6.93. The molecule has 0 spiro atoms. The molecule has 1 aromatic rings. The van der Waals surface area contributed by atoms with Crippen LogP contribution in [0.1, 0.15) is 55.3 Å². The molecule has 4 heteroatoms. The van der Waals surface area contributed by atoms with Crippen LogP contribution in [0.4, 0.5) is 0 Å². The molecular formula is C16H27N3S. The summed E-state index contributed by atoms with van der Waals surface area (Å²) < 4.78 is 0. The van der Waals surface area contributed by atoms with Crippen molar-refractivity contribution in [2.45, 2.75) is 64.6 Å². The molecule has 20 heavy (non-hydrogen) atoms. The van der Waals surface area contributed by atoms with Gasteiger partial charge >= 0.3 is 0 Å². The van der Waals surface area contributed by atoms with E-state index >= 15 is 0 Å². The summed E-state index contributed by atoms with van der Waals surface area (Å²) in [5.74, 6) is 0.911. The predicted molar refractivity (Wildman–Crippen MR) is 84.9 cm³/mol. The summed E-state index contributed by atoms with van der Waals surface area (Å²) in [7, 11) is 0. The van der Waals surface area contributed by atoms with E-state index in [0.29, 0.717) is 0 Å². The standard InChI is InChI=1S/C16H27N3S/c1-13-6-8-19(9-7-13)12-16-18-11-15(20-16)10-17-14-4-2-3-5-14/h11,13-14,17H,2-10,12H2,1H3. The molecule has 0 aromatic carbocycles. The highest BCUT2D eigenvalue weighted by Gasteiger charge is 2.17. The van der Waals surface area contributed by atoms with Crippen LogP contribution in [0.15, 0.2) is 6.20 Å². The first kappa shape index (κ1) is 14.5. The Morgan fingerprint density at radius 1 is 1.25 bits per heavy atom. The average molecular weight is 293 g/mol. The first-order chi connectivity index (χ1) is 9.79. The molecule has 0 unspecified atom stereocenters. The second-order valence-corrected chi connectivity index (χ2v) is 7.74. The number of nitrogens with one attached hydrogen (secondary N) is 1. The molecule has 1 aliphatic heterocycles. The van der Waals surface area contributed by atoms with Crippen LogP contribution in [0.3, 0.4) is 0 Å². The lowest BCUT2D eigenvalue weighted by atomic mass is 9.99. The van der Waals surface area contributed by atoms with Gasteiger partial charge in [0.2, 0.25) is 0 Å². The fourth-order valence-electron chi connectivity index (χ4n) is 3.29. The minimum atomic E-state index is 0.754. The molecule has 1 aliphatic carbocycles. The second-order valence-electron chi connectivity index (χ2n) is 6.54. The van der Waals surface area contributed by atoms with E-state index in [1.165, 1.54) is 61.5 Å². The molecule has 112 valence electrons. The number of aromatic nitrogens is 1. The Bertz CT molecular complexity index is 404. The summed E-state index contributed by atoms with van der Waals surface area (Å²) in [6, 6.07) is 0.754. The van der Waals surface area contributed by atoms with Gasteiger partial charge in [0.05, 0.1) is 6.54 Å². The number of likely N-dealkylation sites (tertiary alicyclic amines) is 1. The Balaban J connectivity index is 1.44. The Morgan fingerprint density at radius 2 is 2.00 bits per heavy atom. The lowest BCUT2D eigenvalue weighted by molar-refractivity contribution is 0.185. The van der Waals surface area contributed by atoms with Crippen molar-refractivity contribution in [2.75, 3.05) is 13.1 Å². The monoisotopic (exact) mass is 293 g/mol. The Kier molecular flexibility index (Phi) is 5.08. The Labute approximate surface area is 126 Å². The van der Waals surface area contributed by atoms with Crippen LogP contribution in [0.2, 0.25) is 0 Å². The molecule has 1 saturated heterocycles. The SMILES string of the molecule is CC1CCN(Cc2ncc(CNC3CCCC3)s2)CC1. The van der Waals surface area contributed by atoms with Gasteiger partial charge in [-0.2, -0.15) is 0 Å². The number of hydrogen-bond donors (Lipinski definition) is 1. The van der Waals surface area contributed by atoms with Gasteiger partial charge in [0.25, 0.3) is 0 Å². The van der Waals surface area contributed by atoms with Crippen LogP contribution in [0.5, 0.6) is 0 Å². The van der Waals surface area contributed by atoms with Crippen molar-refractivity contribution >= 4 is 11.3 Å². The molecule has 0 bridgehead atoms. The third kappa shape index (κ3) is 4.03. The molecular weight excluding hydrogens is 266 g/mol. The molecule has 3 nitrogen and oxygen atoms in total. The van der Waals surface area contributed by atoms with Crippen LogP contribution in [0, 0.1) is 5.92 Å². The van der Waals surface area contributed by atoms with Crippen LogP contribution >= 0.6 is 11.3 Å². The van der Waals surface area contributed by atoms with Crippen molar-refractivity contribution in [3.05, 3.63) is 16.1 Å². The van der Waals surface area contributed by atoms with Gasteiger partial charge in [-0.25, -0.2) is 4.98 Å². The quantitative estimate of drug-likeness (QED) is 0.902.